The summed E-state index contributed by atoms with van der Waals surface area (Å²) < 4.78 is 1.32. The Labute approximate surface area is 311 Å². The first-order valence-corrected chi connectivity index (χ1v) is 18.4. The SMILES string of the molecule is CC(C)Cc1ccc2cc(-c3cc(-c4[c-]c5ccccc5c(C(C)(C)C)c4)ncn3)sc2c1.CCC(CC)C(=O)/C=C(\O)C(CC)CC.[Ir]. The number of aromatic nitrogens is 2. The second kappa shape index (κ2) is 18.2. The Morgan fingerprint density at radius 2 is 1.53 bits per heavy atom. The van der Waals surface area contributed by atoms with Gasteiger partial charge in [0.1, 0.15) is 6.33 Å². The molecule has 4 nitrogen and oxygen atoms in total. The van der Waals surface area contributed by atoms with Crippen molar-refractivity contribution in [2.24, 2.45) is 17.8 Å². The van der Waals surface area contributed by atoms with Crippen LogP contribution in [0.15, 0.2) is 78.8 Å². The average Bonchev–Trinajstić information content (AvgIpc) is 3.49. The van der Waals surface area contributed by atoms with E-state index in [1.54, 1.807) is 17.7 Å². The third-order valence-corrected chi connectivity index (χ3v) is 10.2. The fourth-order valence-corrected chi connectivity index (χ4v) is 7.30. The predicted octanol–water partition coefficient (Wildman–Crippen LogP) is 12.3. The van der Waals surface area contributed by atoms with E-state index in [1.807, 2.05) is 27.7 Å². The molecular formula is C43H53IrN2O2S-. The maximum Gasteiger partial charge on any atom is 0.162 e. The van der Waals surface area contributed by atoms with Crippen LogP contribution in [-0.4, -0.2) is 20.9 Å². The van der Waals surface area contributed by atoms with E-state index in [2.05, 4.69) is 111 Å². The Hall–Kier alpha value is -3.18. The van der Waals surface area contributed by atoms with Crippen LogP contribution in [0, 0.1) is 23.8 Å². The summed E-state index contributed by atoms with van der Waals surface area (Å²) in [6.07, 6.45) is 7.69. The van der Waals surface area contributed by atoms with Crippen LogP contribution in [0.4, 0.5) is 0 Å². The Kier molecular flexibility index (Phi) is 14.9. The van der Waals surface area contributed by atoms with E-state index in [9.17, 15) is 9.90 Å². The van der Waals surface area contributed by atoms with Crippen LogP contribution < -0.4 is 0 Å². The van der Waals surface area contributed by atoms with E-state index in [0.717, 1.165) is 54.4 Å². The molecule has 263 valence electrons. The molecule has 0 saturated heterocycles. The summed E-state index contributed by atoms with van der Waals surface area (Å²) in [7, 11) is 0. The molecule has 6 heteroatoms. The van der Waals surface area contributed by atoms with E-state index in [4.69, 9.17) is 0 Å². The molecule has 0 atom stereocenters. The van der Waals surface area contributed by atoms with Gasteiger partial charge in [0, 0.05) is 48.4 Å². The smallest absolute Gasteiger partial charge is 0.162 e. The number of aliphatic hydroxyl groups is 1. The van der Waals surface area contributed by atoms with E-state index < -0.39 is 0 Å². The number of ketones is 1. The van der Waals surface area contributed by atoms with E-state index in [1.165, 1.54) is 37.6 Å². The van der Waals surface area contributed by atoms with Crippen molar-refractivity contribution in [2.75, 3.05) is 0 Å². The topological polar surface area (TPSA) is 63.1 Å². The number of nitrogens with zero attached hydrogens (tertiary/aromatic N) is 2. The van der Waals surface area contributed by atoms with Crippen molar-refractivity contribution in [3.05, 3.63) is 96.0 Å². The van der Waals surface area contributed by atoms with Crippen LogP contribution in [-0.2, 0) is 36.7 Å². The molecule has 2 aromatic heterocycles. The molecule has 0 spiro atoms. The van der Waals surface area contributed by atoms with Gasteiger partial charge in [0.15, 0.2) is 5.78 Å². The summed E-state index contributed by atoms with van der Waals surface area (Å²) in [5.74, 6) is 1.20. The van der Waals surface area contributed by atoms with Gasteiger partial charge in [-0.25, -0.2) is 4.98 Å². The number of fused-ring (bicyclic) bond motifs is 2. The molecule has 2 heterocycles. The molecular weight excluding hydrogens is 801 g/mol. The normalized spacial score (nSPS) is 12.0. The monoisotopic (exact) mass is 854 g/mol. The fourth-order valence-electron chi connectivity index (χ4n) is 6.21. The molecule has 1 N–H and O–H groups in total. The average molecular weight is 854 g/mol. The number of benzene rings is 3. The molecule has 0 fully saturated rings. The van der Waals surface area contributed by atoms with Crippen molar-refractivity contribution in [3.8, 4) is 21.8 Å². The van der Waals surface area contributed by atoms with Gasteiger partial charge in [-0.15, -0.1) is 40.5 Å². The molecule has 5 aromatic rings. The number of hydrogen-bond donors (Lipinski definition) is 1. The van der Waals surface area contributed by atoms with Crippen molar-refractivity contribution in [1.29, 1.82) is 0 Å². The van der Waals surface area contributed by atoms with Crippen LogP contribution in [0.2, 0.25) is 0 Å². The molecule has 0 amide bonds. The van der Waals surface area contributed by atoms with Gasteiger partial charge in [-0.3, -0.25) is 9.78 Å². The largest absolute Gasteiger partial charge is 0.512 e. The van der Waals surface area contributed by atoms with E-state index in [-0.39, 0.29) is 48.9 Å². The molecule has 0 aliphatic heterocycles. The minimum absolute atomic E-state index is 0. The van der Waals surface area contributed by atoms with Gasteiger partial charge >= 0.3 is 0 Å². The molecule has 0 bridgehead atoms. The van der Waals surface area contributed by atoms with Gasteiger partial charge in [0.2, 0.25) is 0 Å². The number of thiophene rings is 1. The van der Waals surface area contributed by atoms with Crippen molar-refractivity contribution in [1.82, 2.24) is 9.97 Å². The van der Waals surface area contributed by atoms with Gasteiger partial charge in [0.25, 0.3) is 0 Å². The zero-order valence-electron chi connectivity index (χ0n) is 30.7. The molecule has 0 aliphatic rings. The first-order valence-electron chi connectivity index (χ1n) is 17.6. The van der Waals surface area contributed by atoms with Gasteiger partial charge in [-0.05, 0) is 72.6 Å². The van der Waals surface area contributed by atoms with Crippen molar-refractivity contribution in [3.63, 3.8) is 0 Å². The van der Waals surface area contributed by atoms with E-state index >= 15 is 0 Å². The third-order valence-electron chi connectivity index (χ3n) is 9.09. The van der Waals surface area contributed by atoms with E-state index in [0.29, 0.717) is 5.92 Å². The maximum atomic E-state index is 11.7. The second-order valence-corrected chi connectivity index (χ2v) is 15.3. The van der Waals surface area contributed by atoms with Gasteiger partial charge in [-0.2, -0.15) is 0 Å². The van der Waals surface area contributed by atoms with Crippen molar-refractivity contribution in [2.45, 2.75) is 99.8 Å². The number of carbonyl (C=O) groups excluding carboxylic acids is 1. The van der Waals surface area contributed by atoms with Crippen molar-refractivity contribution < 1.29 is 30.0 Å². The van der Waals surface area contributed by atoms with Gasteiger partial charge in [-0.1, -0.05) is 104 Å². The van der Waals surface area contributed by atoms with Crippen LogP contribution in [0.5, 0.6) is 0 Å². The second-order valence-electron chi connectivity index (χ2n) is 14.3. The zero-order valence-corrected chi connectivity index (χ0v) is 33.9. The number of rotatable bonds is 11. The molecule has 49 heavy (non-hydrogen) atoms. The minimum Gasteiger partial charge on any atom is -0.512 e. The molecule has 0 aliphatic carbocycles. The molecule has 5 rings (SSSR count). The number of aliphatic hydroxyl groups excluding tert-OH is 1. The Morgan fingerprint density at radius 3 is 2.16 bits per heavy atom. The quantitative estimate of drug-likeness (QED) is 0.0817. The maximum absolute atomic E-state index is 11.7. The van der Waals surface area contributed by atoms with Crippen LogP contribution in [0.25, 0.3) is 42.7 Å². The zero-order chi connectivity index (χ0) is 35.0. The van der Waals surface area contributed by atoms with Crippen molar-refractivity contribution >= 4 is 38.0 Å². The van der Waals surface area contributed by atoms with Gasteiger partial charge in [0.05, 0.1) is 16.3 Å². The summed E-state index contributed by atoms with van der Waals surface area (Å²) >= 11 is 1.81. The van der Waals surface area contributed by atoms with Crippen LogP contribution in [0.1, 0.15) is 99.1 Å². The summed E-state index contributed by atoms with van der Waals surface area (Å²) in [5.41, 5.74) is 5.63. The predicted molar refractivity (Wildman–Crippen MR) is 206 cm³/mol. The van der Waals surface area contributed by atoms with Crippen LogP contribution in [0.3, 0.4) is 0 Å². The molecule has 0 saturated carbocycles. The minimum atomic E-state index is 0. The first kappa shape index (κ1) is 40.3. The summed E-state index contributed by atoms with van der Waals surface area (Å²) in [6, 6.07) is 25.5. The first-order chi connectivity index (χ1) is 22.9. The Morgan fingerprint density at radius 1 is 0.878 bits per heavy atom. The standard InChI is InChI=1S/C30H29N2S.C13H24O2.Ir/c1-19(2)12-20-10-11-22-16-29(33-28(22)13-20)27-17-26(31-18-32-27)23-14-21-8-6-7-9-24(21)25(15-23)30(3,4)5;1-5-10(6-2)12(14)9-13(15)11(7-3)8-4;/h6-11,13,15-19H,12H2,1-5H3;9-11,14H,5-8H2,1-4H3;/q-1;;/b;12-9-;. The van der Waals surface area contributed by atoms with Crippen LogP contribution >= 0.6 is 11.3 Å². The molecule has 3 aromatic carbocycles. The Bertz CT molecular complexity index is 1860. The third kappa shape index (κ3) is 10.4. The molecule has 1 radical (unpaired) electrons. The summed E-state index contributed by atoms with van der Waals surface area (Å²) in [6.45, 7) is 19.4. The van der Waals surface area contributed by atoms with Gasteiger partial charge < -0.3 is 5.11 Å². The number of hydrogen-bond acceptors (Lipinski definition) is 5. The number of allylic oxidation sites excluding steroid dienone is 2. The molecule has 0 unspecified atom stereocenters. The Balaban J connectivity index is 0.000000347. The summed E-state index contributed by atoms with van der Waals surface area (Å²) in [4.78, 5) is 22.1. The fraction of sp³-hybridized carbons (Fsp3) is 0.419. The number of carbonyl (C=O) groups is 1. The summed E-state index contributed by atoms with van der Waals surface area (Å²) in [5, 5.41) is 13.4.